The molecule has 0 aliphatic carbocycles. The monoisotopic (exact) mass is 814 g/mol. The van der Waals surface area contributed by atoms with Gasteiger partial charge >= 0.3 is 12.1 Å². The molecule has 0 radical (unpaired) electrons. The van der Waals surface area contributed by atoms with Gasteiger partial charge in [0.25, 0.3) is 0 Å². The molecule has 306 valence electrons. The minimum atomic E-state index is -1.03. The van der Waals surface area contributed by atoms with E-state index in [1.807, 2.05) is 129 Å². The van der Waals surface area contributed by atoms with Gasteiger partial charge in [0.15, 0.2) is 0 Å². The lowest BCUT2D eigenvalue weighted by Gasteiger charge is -2.42. The van der Waals surface area contributed by atoms with Crippen LogP contribution in [-0.2, 0) is 25.3 Å². The first kappa shape index (κ1) is 44.3. The number of carbonyl (C=O) groups excluding carboxylic acids is 2. The fraction of sp³-hybridized carbons (Fsp3) is 0.435. The lowest BCUT2D eigenvalue weighted by Crippen LogP contribution is -2.44. The highest BCUT2D eigenvalue weighted by Gasteiger charge is 2.41. The number of nitrogens with zero attached hydrogens (tertiary/aromatic N) is 2. The third kappa shape index (κ3) is 12.3. The van der Waals surface area contributed by atoms with E-state index in [0.717, 1.165) is 66.7 Å². The van der Waals surface area contributed by atoms with E-state index >= 15 is 0 Å². The van der Waals surface area contributed by atoms with Crippen LogP contribution in [0.15, 0.2) is 115 Å². The molecule has 4 aromatic rings. The second kappa shape index (κ2) is 21.8. The average Bonchev–Trinajstić information content (AvgIpc) is 3.25. The lowest BCUT2D eigenvalue weighted by atomic mass is 9.72. The minimum Gasteiger partial charge on any atom is -0.464 e. The van der Waals surface area contributed by atoms with E-state index in [9.17, 15) is 24.9 Å². The Labute approximate surface area is 346 Å². The number of hydrogen-bond acceptors (Lipinski definition) is 10. The van der Waals surface area contributed by atoms with Crippen LogP contribution in [0.25, 0.3) is 0 Å². The van der Waals surface area contributed by atoms with Crippen molar-refractivity contribution in [3.05, 3.63) is 143 Å². The molecule has 1 unspecified atom stereocenters. The smallest absolute Gasteiger partial charge is 0.409 e. The molecule has 0 spiro atoms. The Morgan fingerprint density at radius 2 is 1.25 bits per heavy atom. The van der Waals surface area contributed by atoms with Gasteiger partial charge < -0.3 is 34.6 Å². The largest absolute Gasteiger partial charge is 0.464 e. The van der Waals surface area contributed by atoms with E-state index < -0.39 is 29.3 Å². The van der Waals surface area contributed by atoms with Crippen LogP contribution in [-0.4, -0.2) is 95.1 Å². The molecule has 57 heavy (non-hydrogen) atoms. The van der Waals surface area contributed by atoms with E-state index in [-0.39, 0.29) is 31.6 Å². The van der Waals surface area contributed by atoms with Crippen molar-refractivity contribution in [2.75, 3.05) is 57.9 Å². The second-order valence-electron chi connectivity index (χ2n) is 15.2. The molecule has 5 rings (SSSR count). The molecule has 0 saturated carbocycles. The van der Waals surface area contributed by atoms with Gasteiger partial charge in [-0.05, 0) is 92.9 Å². The summed E-state index contributed by atoms with van der Waals surface area (Å²) in [6.07, 6.45) is 1.40. The Balaban J connectivity index is 0.957. The number of aliphatic hydroxyl groups is 3. The van der Waals surface area contributed by atoms with Crippen LogP contribution >= 0.6 is 21.6 Å². The number of benzene rings is 4. The fourth-order valence-corrected chi connectivity index (χ4v) is 9.02. The van der Waals surface area contributed by atoms with Crippen LogP contribution < -0.4 is 0 Å². The zero-order chi connectivity index (χ0) is 40.7. The zero-order valence-corrected chi connectivity index (χ0v) is 35.0. The van der Waals surface area contributed by atoms with Crippen LogP contribution in [0.1, 0.15) is 79.6 Å². The van der Waals surface area contributed by atoms with Crippen LogP contribution in [0.5, 0.6) is 0 Å². The number of ether oxygens (including phenoxy) is 2. The fourth-order valence-electron chi connectivity index (χ4n) is 7.37. The van der Waals surface area contributed by atoms with Gasteiger partial charge in [0.1, 0.15) is 18.8 Å². The number of amides is 1. The van der Waals surface area contributed by atoms with E-state index in [1.165, 1.54) is 15.7 Å². The Morgan fingerprint density at radius 3 is 1.81 bits per heavy atom. The highest BCUT2D eigenvalue weighted by Crippen LogP contribution is 2.42. The Hall–Kier alpha value is -3.84. The van der Waals surface area contributed by atoms with E-state index in [0.29, 0.717) is 17.9 Å². The molecule has 1 amide bonds. The molecule has 0 aromatic heterocycles. The van der Waals surface area contributed by atoms with Gasteiger partial charge in [-0.15, -0.1) is 0 Å². The first-order valence-electron chi connectivity index (χ1n) is 19.9. The normalized spacial score (nSPS) is 15.1. The number of piperidine rings is 1. The SMILES string of the molecule is CN(C[C@@H](O)c1ccccc1)C(=O)OCCSSCCOC(=O)C(C)(C)c1ccc(C(O)CCCN2CCC(C(O)(c3ccccc3)c3ccccc3)CC2)cc1. The van der Waals surface area contributed by atoms with Gasteiger partial charge in [-0.25, -0.2) is 4.79 Å². The molecule has 1 fully saturated rings. The zero-order valence-electron chi connectivity index (χ0n) is 33.4. The Bertz CT molecular complexity index is 1750. The first-order chi connectivity index (χ1) is 27.5. The molecule has 9 nitrogen and oxygen atoms in total. The van der Waals surface area contributed by atoms with Crippen LogP contribution in [0.3, 0.4) is 0 Å². The quantitative estimate of drug-likeness (QED) is 0.0458. The average molecular weight is 815 g/mol. The molecular formula is C46H58N2O7S2. The summed E-state index contributed by atoms with van der Waals surface area (Å²) in [6, 6.07) is 36.8. The number of carbonyl (C=O) groups is 2. The van der Waals surface area contributed by atoms with Gasteiger partial charge in [-0.2, -0.15) is 0 Å². The molecule has 1 saturated heterocycles. The molecule has 11 heteroatoms. The number of hydrogen-bond donors (Lipinski definition) is 3. The van der Waals surface area contributed by atoms with Gasteiger partial charge in [-0.3, -0.25) is 4.79 Å². The Morgan fingerprint density at radius 1 is 0.737 bits per heavy atom. The van der Waals surface area contributed by atoms with Gasteiger partial charge in [0, 0.05) is 18.6 Å². The van der Waals surface area contributed by atoms with Crippen LogP contribution in [0.4, 0.5) is 4.79 Å². The first-order valence-corrected chi connectivity index (χ1v) is 22.4. The molecule has 3 N–H and O–H groups in total. The molecule has 0 bridgehead atoms. The number of likely N-dealkylation sites (tertiary alicyclic amines) is 1. The van der Waals surface area contributed by atoms with Crippen LogP contribution in [0.2, 0.25) is 0 Å². The summed E-state index contributed by atoms with van der Waals surface area (Å²) >= 11 is 0. The third-order valence-corrected chi connectivity index (χ3v) is 13.2. The maximum Gasteiger partial charge on any atom is 0.409 e. The number of rotatable bonds is 20. The molecule has 2 atom stereocenters. The van der Waals surface area contributed by atoms with E-state index in [4.69, 9.17) is 9.47 Å². The van der Waals surface area contributed by atoms with Crippen molar-refractivity contribution in [1.29, 1.82) is 0 Å². The standard InChI is InChI=1S/C46H58N2O7S2/c1-45(2,43(51)54-30-32-56-57-33-31-55-44(52)47(3)34-42(50)35-14-7-4-8-15-35)37-23-21-36(22-24-37)41(49)20-13-27-48-28-25-40(26-29-48)46(53,38-16-9-5-10-17-38)39-18-11-6-12-19-39/h4-12,14-19,21-24,40-42,49-50,53H,13,20,25-34H2,1-3H3/t41?,42-/m1/s1. The van der Waals surface area contributed by atoms with Crippen molar-refractivity contribution >= 4 is 33.7 Å². The molecule has 1 aliphatic rings. The van der Waals surface area contributed by atoms with E-state index in [1.54, 1.807) is 17.8 Å². The summed E-state index contributed by atoms with van der Waals surface area (Å²) in [7, 11) is 4.67. The minimum absolute atomic E-state index is 0.110. The summed E-state index contributed by atoms with van der Waals surface area (Å²) in [6.45, 7) is 7.01. The van der Waals surface area contributed by atoms with Crippen molar-refractivity contribution in [2.45, 2.75) is 62.8 Å². The highest BCUT2D eigenvalue weighted by molar-refractivity contribution is 8.76. The summed E-state index contributed by atoms with van der Waals surface area (Å²) in [5, 5.41) is 33.5. The van der Waals surface area contributed by atoms with Crippen molar-refractivity contribution < 1.29 is 34.4 Å². The molecule has 1 aliphatic heterocycles. The number of esters is 1. The van der Waals surface area contributed by atoms with Gasteiger partial charge in [-0.1, -0.05) is 137 Å². The summed E-state index contributed by atoms with van der Waals surface area (Å²) in [5.41, 5.74) is 2.38. The van der Waals surface area contributed by atoms with Crippen LogP contribution in [0, 0.1) is 5.92 Å². The topological polar surface area (TPSA) is 120 Å². The summed E-state index contributed by atoms with van der Waals surface area (Å²) < 4.78 is 10.9. The molecule has 4 aromatic carbocycles. The second-order valence-corrected chi connectivity index (χ2v) is 17.9. The predicted molar refractivity (Wildman–Crippen MR) is 230 cm³/mol. The van der Waals surface area contributed by atoms with Crippen molar-refractivity contribution in [2.24, 2.45) is 5.92 Å². The Kier molecular flexibility index (Phi) is 16.9. The number of aliphatic hydroxyl groups excluding tert-OH is 2. The van der Waals surface area contributed by atoms with Gasteiger partial charge in [0.05, 0.1) is 24.2 Å². The van der Waals surface area contributed by atoms with E-state index in [2.05, 4.69) is 4.90 Å². The maximum atomic E-state index is 13.1. The molecular weight excluding hydrogens is 757 g/mol. The lowest BCUT2D eigenvalue weighted by molar-refractivity contribution is -0.148. The van der Waals surface area contributed by atoms with Crippen molar-refractivity contribution in [3.63, 3.8) is 0 Å². The van der Waals surface area contributed by atoms with Crippen molar-refractivity contribution in [1.82, 2.24) is 9.80 Å². The summed E-state index contributed by atoms with van der Waals surface area (Å²) in [4.78, 5) is 29.1. The predicted octanol–water partition coefficient (Wildman–Crippen LogP) is 8.15. The van der Waals surface area contributed by atoms with Gasteiger partial charge in [0.2, 0.25) is 0 Å². The third-order valence-electron chi connectivity index (χ3n) is 10.9. The highest BCUT2D eigenvalue weighted by atomic mass is 33.1. The maximum absolute atomic E-state index is 13.1. The number of likely N-dealkylation sites (N-methyl/N-ethyl adjacent to an activating group) is 1. The molecule has 1 heterocycles. The summed E-state index contributed by atoms with van der Waals surface area (Å²) in [5.74, 6) is 0.970. The van der Waals surface area contributed by atoms with Crippen molar-refractivity contribution in [3.8, 4) is 0 Å².